The highest BCUT2D eigenvalue weighted by atomic mass is 35.5. The van der Waals surface area contributed by atoms with Crippen LogP contribution < -0.4 is 16.4 Å². The summed E-state index contributed by atoms with van der Waals surface area (Å²) in [6.45, 7) is 5.97. The number of likely N-dealkylation sites (tertiary alicyclic amines) is 1. The number of rotatable bonds is 10. The summed E-state index contributed by atoms with van der Waals surface area (Å²) in [5.41, 5.74) is 8.38. The summed E-state index contributed by atoms with van der Waals surface area (Å²) in [7, 11) is 1.33. The molecule has 36 heavy (non-hydrogen) atoms. The Balaban J connectivity index is 1.58. The second kappa shape index (κ2) is 14.6. The molecule has 0 saturated carbocycles. The Morgan fingerprint density at radius 3 is 2.86 bits per heavy atom. The second-order valence-electron chi connectivity index (χ2n) is 9.82. The van der Waals surface area contributed by atoms with Crippen LogP contribution in [0, 0.1) is 18.8 Å². The Hall–Kier alpha value is -2.07. The van der Waals surface area contributed by atoms with Crippen LogP contribution in [0.25, 0.3) is 0 Å². The van der Waals surface area contributed by atoms with Crippen molar-refractivity contribution >= 4 is 23.7 Å². The van der Waals surface area contributed by atoms with Crippen molar-refractivity contribution < 1.29 is 23.8 Å². The molecule has 0 aromatic heterocycles. The summed E-state index contributed by atoms with van der Waals surface area (Å²) in [5.74, 6) is 0.561. The third-order valence-corrected chi connectivity index (χ3v) is 7.22. The van der Waals surface area contributed by atoms with E-state index in [1.165, 1.54) is 7.11 Å². The maximum Gasteiger partial charge on any atom is 0.406 e. The normalized spacial score (nSPS) is 21.9. The Morgan fingerprint density at radius 2 is 2.11 bits per heavy atom. The fraction of sp³-hybridized carbons (Fsp3) is 0.692. The number of urea groups is 1. The first-order valence-electron chi connectivity index (χ1n) is 12.9. The first kappa shape index (κ1) is 28.5. The minimum Gasteiger partial charge on any atom is -0.453 e. The number of carbonyl (C=O) groups is 2. The van der Waals surface area contributed by atoms with Crippen molar-refractivity contribution in [1.82, 2.24) is 15.5 Å². The lowest BCUT2D eigenvalue weighted by molar-refractivity contribution is -0.00884. The van der Waals surface area contributed by atoms with Gasteiger partial charge in [0.1, 0.15) is 0 Å². The van der Waals surface area contributed by atoms with Gasteiger partial charge in [0.25, 0.3) is 0 Å². The summed E-state index contributed by atoms with van der Waals surface area (Å²) in [6.07, 6.45) is 4.11. The minimum absolute atomic E-state index is 0.0891. The molecule has 1 aromatic rings. The van der Waals surface area contributed by atoms with Crippen LogP contribution in [0.2, 0.25) is 5.02 Å². The highest BCUT2D eigenvalue weighted by Crippen LogP contribution is 2.35. The monoisotopic (exact) mass is 524 g/mol. The number of hydrogen-bond acceptors (Lipinski definition) is 6. The van der Waals surface area contributed by atoms with Crippen molar-refractivity contribution in [3.63, 3.8) is 0 Å². The van der Waals surface area contributed by atoms with E-state index >= 15 is 0 Å². The summed E-state index contributed by atoms with van der Waals surface area (Å²) in [6, 6.07) is 5.59. The largest absolute Gasteiger partial charge is 0.453 e. The number of ether oxygens (including phenoxy) is 3. The lowest BCUT2D eigenvalue weighted by Gasteiger charge is -2.37. The number of nitrogens with zero attached hydrogens (tertiary/aromatic N) is 1. The van der Waals surface area contributed by atoms with E-state index < -0.39 is 6.09 Å². The van der Waals surface area contributed by atoms with E-state index in [0.29, 0.717) is 43.7 Å². The first-order chi connectivity index (χ1) is 17.4. The molecular formula is C26H41ClN4O5. The van der Waals surface area contributed by atoms with E-state index in [1.54, 1.807) is 0 Å². The van der Waals surface area contributed by atoms with Crippen molar-refractivity contribution in [2.45, 2.75) is 51.2 Å². The van der Waals surface area contributed by atoms with E-state index in [9.17, 15) is 9.59 Å². The van der Waals surface area contributed by atoms with Gasteiger partial charge in [0.05, 0.1) is 19.8 Å². The van der Waals surface area contributed by atoms with Gasteiger partial charge in [-0.2, -0.15) is 0 Å². The van der Waals surface area contributed by atoms with Crippen molar-refractivity contribution in [2.75, 3.05) is 53.1 Å². The number of piperidine rings is 1. The average Bonchev–Trinajstić information content (AvgIpc) is 2.89. The molecule has 3 rings (SSSR count). The zero-order valence-electron chi connectivity index (χ0n) is 21.5. The van der Waals surface area contributed by atoms with E-state index in [1.807, 2.05) is 30.0 Å². The number of alkyl carbamates (subject to hydrolysis) is 1. The number of nitrogens with one attached hydrogen (secondary N) is 2. The molecule has 202 valence electrons. The summed E-state index contributed by atoms with van der Waals surface area (Å²) < 4.78 is 16.5. The Labute approximate surface area is 219 Å². The van der Waals surface area contributed by atoms with Gasteiger partial charge in [-0.05, 0) is 68.2 Å². The van der Waals surface area contributed by atoms with Gasteiger partial charge < -0.3 is 35.5 Å². The zero-order chi connectivity index (χ0) is 25.9. The molecule has 0 spiro atoms. The van der Waals surface area contributed by atoms with Gasteiger partial charge in [0, 0.05) is 56.4 Å². The molecule has 4 atom stereocenters. The Morgan fingerprint density at radius 1 is 1.28 bits per heavy atom. The predicted molar refractivity (Wildman–Crippen MR) is 139 cm³/mol. The molecule has 4 N–H and O–H groups in total. The van der Waals surface area contributed by atoms with Gasteiger partial charge in [-0.3, -0.25) is 0 Å². The smallest absolute Gasteiger partial charge is 0.406 e. The van der Waals surface area contributed by atoms with E-state index in [-0.39, 0.29) is 24.1 Å². The second-order valence-corrected chi connectivity index (χ2v) is 10.3. The highest BCUT2D eigenvalue weighted by Gasteiger charge is 2.32. The van der Waals surface area contributed by atoms with E-state index in [4.69, 9.17) is 26.8 Å². The van der Waals surface area contributed by atoms with E-state index in [0.717, 1.165) is 56.4 Å². The maximum absolute atomic E-state index is 13.0. The third-order valence-electron chi connectivity index (χ3n) is 6.98. The van der Waals surface area contributed by atoms with Crippen LogP contribution in [0.4, 0.5) is 9.59 Å². The number of amides is 3. The standard InChI is InChI=1S/C26H41ClN4O5/c1-18-7-8-21(27)14-23(18)24(36-12-9-29-26(33)34-2)20-6-3-10-31(16-20)25(32)30-15-22(28)13-19-5-4-11-35-17-19/h7-8,14,19-20,22,24H,3-6,9-13,15-17,28H2,1-2H3,(H,29,33)(H,30,32)/t19?,20?,22-,24-/m1/s1. The molecule has 10 heteroatoms. The number of halogens is 1. The van der Waals surface area contributed by atoms with Crippen molar-refractivity contribution in [3.8, 4) is 0 Å². The molecule has 0 aliphatic carbocycles. The number of benzene rings is 1. The SMILES string of the molecule is COC(=O)NCCO[C@@H](c1cc(Cl)ccc1C)C1CCCN(C(=O)NC[C@H](N)CC2CCCOC2)C1. The molecular weight excluding hydrogens is 484 g/mol. The molecule has 9 nitrogen and oxygen atoms in total. The van der Waals surface area contributed by atoms with Gasteiger partial charge in [-0.1, -0.05) is 17.7 Å². The van der Waals surface area contributed by atoms with Crippen LogP contribution in [-0.4, -0.2) is 76.2 Å². The summed E-state index contributed by atoms with van der Waals surface area (Å²) in [4.78, 5) is 26.2. The zero-order valence-corrected chi connectivity index (χ0v) is 22.2. The highest BCUT2D eigenvalue weighted by molar-refractivity contribution is 6.30. The van der Waals surface area contributed by atoms with Gasteiger partial charge in [0.2, 0.25) is 0 Å². The first-order valence-corrected chi connectivity index (χ1v) is 13.3. The fourth-order valence-electron chi connectivity index (χ4n) is 5.09. The lowest BCUT2D eigenvalue weighted by Crippen LogP contribution is -2.49. The topological polar surface area (TPSA) is 115 Å². The minimum atomic E-state index is -0.496. The van der Waals surface area contributed by atoms with Crippen LogP contribution in [0.5, 0.6) is 0 Å². The number of hydrogen-bond donors (Lipinski definition) is 3. The molecule has 2 aliphatic heterocycles. The average molecular weight is 525 g/mol. The number of aryl methyl sites for hydroxylation is 1. The van der Waals surface area contributed by atoms with Crippen LogP contribution in [0.1, 0.15) is 49.3 Å². The fourth-order valence-corrected chi connectivity index (χ4v) is 5.27. The van der Waals surface area contributed by atoms with Crippen molar-refractivity contribution in [1.29, 1.82) is 0 Å². The lowest BCUT2D eigenvalue weighted by atomic mass is 9.86. The van der Waals surface area contributed by atoms with Crippen LogP contribution >= 0.6 is 11.6 Å². The molecule has 0 radical (unpaired) electrons. The van der Waals surface area contributed by atoms with Gasteiger partial charge in [-0.15, -0.1) is 0 Å². The molecule has 3 amide bonds. The number of carbonyl (C=O) groups excluding carboxylic acids is 2. The molecule has 2 saturated heterocycles. The molecule has 2 fully saturated rings. The van der Waals surface area contributed by atoms with Crippen molar-refractivity contribution in [2.24, 2.45) is 17.6 Å². The summed E-state index contributed by atoms with van der Waals surface area (Å²) >= 11 is 6.32. The third kappa shape index (κ3) is 8.80. The Kier molecular flexibility index (Phi) is 11.6. The molecule has 2 heterocycles. The molecule has 0 bridgehead atoms. The van der Waals surface area contributed by atoms with Gasteiger partial charge in [-0.25, -0.2) is 9.59 Å². The van der Waals surface area contributed by atoms with Crippen LogP contribution in [-0.2, 0) is 14.2 Å². The van der Waals surface area contributed by atoms with Crippen LogP contribution in [0.15, 0.2) is 18.2 Å². The van der Waals surface area contributed by atoms with Gasteiger partial charge >= 0.3 is 12.1 Å². The molecule has 2 unspecified atom stereocenters. The summed E-state index contributed by atoms with van der Waals surface area (Å²) in [5, 5.41) is 6.31. The van der Waals surface area contributed by atoms with E-state index in [2.05, 4.69) is 15.4 Å². The van der Waals surface area contributed by atoms with Gasteiger partial charge in [0.15, 0.2) is 0 Å². The molecule has 2 aliphatic rings. The predicted octanol–water partition coefficient (Wildman–Crippen LogP) is 3.63. The molecule has 1 aromatic carbocycles. The van der Waals surface area contributed by atoms with Crippen molar-refractivity contribution in [3.05, 3.63) is 34.3 Å². The maximum atomic E-state index is 13.0. The number of methoxy groups -OCH3 is 1. The van der Waals surface area contributed by atoms with Crippen LogP contribution in [0.3, 0.4) is 0 Å². The quantitative estimate of drug-likeness (QED) is 0.403. The Bertz CT molecular complexity index is 852. The number of nitrogens with two attached hydrogens (primary N) is 1.